The van der Waals surface area contributed by atoms with Crippen LogP contribution < -0.4 is 5.56 Å². The van der Waals surface area contributed by atoms with Gasteiger partial charge in [0, 0.05) is 15.5 Å². The molecule has 6 nitrogen and oxygen atoms in total. The van der Waals surface area contributed by atoms with Crippen molar-refractivity contribution in [1.29, 1.82) is 0 Å². The van der Waals surface area contributed by atoms with Gasteiger partial charge in [-0.25, -0.2) is 4.98 Å². The van der Waals surface area contributed by atoms with Crippen LogP contribution in [-0.4, -0.2) is 19.7 Å². The molecule has 3 heterocycles. The van der Waals surface area contributed by atoms with Gasteiger partial charge in [-0.1, -0.05) is 16.8 Å². The number of benzene rings is 1. The third-order valence-electron chi connectivity index (χ3n) is 4.82. The van der Waals surface area contributed by atoms with E-state index in [1.165, 1.54) is 16.9 Å². The lowest BCUT2D eigenvalue weighted by molar-refractivity contribution is 0.369. The molecule has 0 aliphatic heterocycles. The number of halogens is 1. The maximum absolute atomic E-state index is 13.0. The van der Waals surface area contributed by atoms with Crippen LogP contribution in [0.1, 0.15) is 29.2 Å². The summed E-state index contributed by atoms with van der Waals surface area (Å²) in [4.78, 5) is 24.0. The lowest BCUT2D eigenvalue weighted by Crippen LogP contribution is -2.21. The SMILES string of the molecule is O=c1c2c3c(sc2ncn1Cc1nc(-c2ccc(Cl)cc2)no1)CCCC3. The van der Waals surface area contributed by atoms with Gasteiger partial charge in [0.25, 0.3) is 5.56 Å². The summed E-state index contributed by atoms with van der Waals surface area (Å²) in [6.45, 7) is 0.201. The number of fused-ring (bicyclic) bond motifs is 3. The van der Waals surface area contributed by atoms with Crippen molar-refractivity contribution in [2.75, 3.05) is 0 Å². The summed E-state index contributed by atoms with van der Waals surface area (Å²) in [5, 5.41) is 5.41. The van der Waals surface area contributed by atoms with Gasteiger partial charge in [-0.05, 0) is 55.5 Å². The largest absolute Gasteiger partial charge is 0.337 e. The molecular formula is C19H15ClN4O2S. The number of aromatic nitrogens is 4. The van der Waals surface area contributed by atoms with E-state index in [1.54, 1.807) is 34.4 Å². The summed E-state index contributed by atoms with van der Waals surface area (Å²) in [5.41, 5.74) is 1.95. The average Bonchev–Trinajstić information content (AvgIpc) is 3.29. The van der Waals surface area contributed by atoms with E-state index < -0.39 is 0 Å². The Balaban J connectivity index is 1.49. The molecule has 1 aliphatic carbocycles. The van der Waals surface area contributed by atoms with Gasteiger partial charge in [0.1, 0.15) is 11.4 Å². The molecule has 1 aliphatic rings. The fourth-order valence-electron chi connectivity index (χ4n) is 3.47. The quantitative estimate of drug-likeness (QED) is 0.519. The smallest absolute Gasteiger partial charge is 0.262 e. The van der Waals surface area contributed by atoms with Crippen LogP contribution in [0, 0.1) is 0 Å². The molecule has 5 rings (SSSR count). The van der Waals surface area contributed by atoms with Crippen LogP contribution in [0.5, 0.6) is 0 Å². The Bertz CT molecular complexity index is 1190. The lowest BCUT2D eigenvalue weighted by atomic mass is 9.97. The van der Waals surface area contributed by atoms with Gasteiger partial charge < -0.3 is 4.52 Å². The molecule has 0 unspecified atom stereocenters. The van der Waals surface area contributed by atoms with Crippen molar-refractivity contribution in [3.05, 3.63) is 62.3 Å². The van der Waals surface area contributed by atoms with E-state index in [2.05, 4.69) is 15.1 Å². The maximum Gasteiger partial charge on any atom is 0.262 e. The summed E-state index contributed by atoms with van der Waals surface area (Å²) < 4.78 is 6.88. The molecule has 0 amide bonds. The van der Waals surface area contributed by atoms with Gasteiger partial charge in [-0.2, -0.15) is 4.98 Å². The Morgan fingerprint density at radius 1 is 1.19 bits per heavy atom. The van der Waals surface area contributed by atoms with E-state index in [1.807, 2.05) is 12.1 Å². The molecule has 27 heavy (non-hydrogen) atoms. The van der Waals surface area contributed by atoms with Crippen molar-refractivity contribution in [2.45, 2.75) is 32.2 Å². The molecule has 0 radical (unpaired) electrons. The highest BCUT2D eigenvalue weighted by Crippen LogP contribution is 2.33. The van der Waals surface area contributed by atoms with E-state index in [-0.39, 0.29) is 12.1 Å². The first-order valence-electron chi connectivity index (χ1n) is 8.77. The van der Waals surface area contributed by atoms with Crippen LogP contribution in [0.4, 0.5) is 0 Å². The molecule has 0 saturated heterocycles. The molecule has 3 aromatic heterocycles. The van der Waals surface area contributed by atoms with Crippen molar-refractivity contribution in [3.8, 4) is 11.4 Å². The summed E-state index contributed by atoms with van der Waals surface area (Å²) >= 11 is 7.55. The normalized spacial score (nSPS) is 13.8. The van der Waals surface area contributed by atoms with Crippen molar-refractivity contribution in [2.24, 2.45) is 0 Å². The third kappa shape index (κ3) is 2.96. The fraction of sp³-hybridized carbons (Fsp3) is 0.263. The zero-order valence-corrected chi connectivity index (χ0v) is 15.9. The first-order chi connectivity index (χ1) is 13.2. The zero-order valence-electron chi connectivity index (χ0n) is 14.3. The molecule has 8 heteroatoms. The molecule has 1 aromatic carbocycles. The van der Waals surface area contributed by atoms with Gasteiger partial charge in [-0.3, -0.25) is 9.36 Å². The van der Waals surface area contributed by atoms with E-state index in [0.717, 1.165) is 35.0 Å². The second-order valence-electron chi connectivity index (χ2n) is 6.59. The van der Waals surface area contributed by atoms with E-state index in [0.29, 0.717) is 16.7 Å². The van der Waals surface area contributed by atoms with Gasteiger partial charge in [0.2, 0.25) is 11.7 Å². The van der Waals surface area contributed by atoms with Crippen LogP contribution in [0.2, 0.25) is 5.02 Å². The Labute approximate surface area is 163 Å². The predicted octanol–water partition coefficient (Wildman–Crippen LogP) is 4.09. The zero-order chi connectivity index (χ0) is 18.4. The van der Waals surface area contributed by atoms with E-state index in [4.69, 9.17) is 16.1 Å². The lowest BCUT2D eigenvalue weighted by Gasteiger charge is -2.10. The number of thiophene rings is 1. The number of aryl methyl sites for hydroxylation is 2. The van der Waals surface area contributed by atoms with Crippen LogP contribution in [0.25, 0.3) is 21.6 Å². The van der Waals surface area contributed by atoms with Crippen molar-refractivity contribution in [3.63, 3.8) is 0 Å². The minimum Gasteiger partial charge on any atom is -0.337 e. The first kappa shape index (κ1) is 16.6. The van der Waals surface area contributed by atoms with E-state index in [9.17, 15) is 4.79 Å². The van der Waals surface area contributed by atoms with Gasteiger partial charge >= 0.3 is 0 Å². The summed E-state index contributed by atoms with van der Waals surface area (Å²) in [5.74, 6) is 0.837. The van der Waals surface area contributed by atoms with Crippen LogP contribution in [0.3, 0.4) is 0 Å². The number of hydrogen-bond acceptors (Lipinski definition) is 6. The van der Waals surface area contributed by atoms with E-state index >= 15 is 0 Å². The van der Waals surface area contributed by atoms with Gasteiger partial charge in [0.05, 0.1) is 11.7 Å². The van der Waals surface area contributed by atoms with Crippen molar-refractivity contribution < 1.29 is 4.52 Å². The fourth-order valence-corrected chi connectivity index (χ4v) is 4.82. The third-order valence-corrected chi connectivity index (χ3v) is 6.27. The Morgan fingerprint density at radius 3 is 2.85 bits per heavy atom. The minimum absolute atomic E-state index is 0.0364. The monoisotopic (exact) mass is 398 g/mol. The highest BCUT2D eigenvalue weighted by atomic mass is 35.5. The molecule has 0 fully saturated rings. The second kappa shape index (κ2) is 6.58. The molecule has 4 aromatic rings. The highest BCUT2D eigenvalue weighted by Gasteiger charge is 2.20. The molecule has 0 saturated carbocycles. The maximum atomic E-state index is 13.0. The predicted molar refractivity (Wildman–Crippen MR) is 104 cm³/mol. The minimum atomic E-state index is -0.0364. The topological polar surface area (TPSA) is 73.8 Å². The first-order valence-corrected chi connectivity index (χ1v) is 9.97. The molecule has 0 atom stereocenters. The Hall–Kier alpha value is -2.51. The Morgan fingerprint density at radius 2 is 2.00 bits per heavy atom. The van der Waals surface area contributed by atoms with Crippen LogP contribution >= 0.6 is 22.9 Å². The van der Waals surface area contributed by atoms with Crippen LogP contribution in [0.15, 0.2) is 39.9 Å². The highest BCUT2D eigenvalue weighted by molar-refractivity contribution is 7.18. The summed E-state index contributed by atoms with van der Waals surface area (Å²) in [6, 6.07) is 7.20. The van der Waals surface area contributed by atoms with Gasteiger partial charge in [0.15, 0.2) is 0 Å². The van der Waals surface area contributed by atoms with Crippen molar-refractivity contribution >= 4 is 33.2 Å². The summed E-state index contributed by atoms with van der Waals surface area (Å²) in [6.07, 6.45) is 5.88. The summed E-state index contributed by atoms with van der Waals surface area (Å²) in [7, 11) is 0. The van der Waals surface area contributed by atoms with Crippen LogP contribution in [-0.2, 0) is 19.4 Å². The molecular weight excluding hydrogens is 384 g/mol. The molecule has 0 bridgehead atoms. The standard InChI is InChI=1S/C19H15ClN4O2S/c20-12-7-5-11(6-8-12)17-22-15(26-23-17)9-24-10-21-18-16(19(24)25)13-3-1-2-4-14(13)27-18/h5-8,10H,1-4,9H2. The molecule has 0 N–H and O–H groups in total. The van der Waals surface area contributed by atoms with Crippen molar-refractivity contribution in [1.82, 2.24) is 19.7 Å². The second-order valence-corrected chi connectivity index (χ2v) is 8.11. The van der Waals surface area contributed by atoms with Gasteiger partial charge in [-0.15, -0.1) is 11.3 Å². The number of rotatable bonds is 3. The number of nitrogens with zero attached hydrogens (tertiary/aromatic N) is 4. The Kier molecular flexibility index (Phi) is 4.06. The molecule has 136 valence electrons. The number of hydrogen-bond donors (Lipinski definition) is 0. The average molecular weight is 399 g/mol. The molecule has 0 spiro atoms.